The van der Waals surface area contributed by atoms with Gasteiger partial charge in [0.05, 0.1) is 13.2 Å². The SMILES string of the molecule is COc1ccc(-c2nn([C@H]3C[C@H]4C(=O)N[C@@]5(C(=O)O)C[C@@H]5/C=C\CCCCC[C@@H](NC(=O)N[C@H](C)C(C)(C)C)C(=O)N4C3)nc2-c2nccs2)cc1. The topological polar surface area (TPSA) is 181 Å². The van der Waals surface area contributed by atoms with Crippen LogP contribution >= 0.6 is 11.3 Å². The maximum Gasteiger partial charge on any atom is 0.330 e. The maximum atomic E-state index is 14.6. The molecule has 6 rings (SSSR count). The van der Waals surface area contributed by atoms with E-state index in [1.54, 1.807) is 13.3 Å². The molecule has 2 fully saturated rings. The number of nitrogens with zero attached hydrogens (tertiary/aromatic N) is 5. The summed E-state index contributed by atoms with van der Waals surface area (Å²) in [4.78, 5) is 62.0. The lowest BCUT2D eigenvalue weighted by Crippen LogP contribution is -2.58. The number of carboxylic acids is 1. The molecule has 0 bridgehead atoms. The number of thiazole rings is 1. The van der Waals surface area contributed by atoms with Crippen LogP contribution in [-0.2, 0) is 14.4 Å². The van der Waals surface area contributed by atoms with Gasteiger partial charge in [-0.25, -0.2) is 14.6 Å². The first-order valence-corrected chi connectivity index (χ1v) is 18.8. The van der Waals surface area contributed by atoms with Crippen LogP contribution in [0.25, 0.3) is 22.0 Å². The van der Waals surface area contributed by atoms with Gasteiger partial charge in [0, 0.05) is 42.1 Å². The Hall–Kier alpha value is -4.79. The van der Waals surface area contributed by atoms with Crippen molar-refractivity contribution in [2.75, 3.05) is 13.7 Å². The Morgan fingerprint density at radius 2 is 1.87 bits per heavy atom. The van der Waals surface area contributed by atoms with Crippen LogP contribution < -0.4 is 20.7 Å². The van der Waals surface area contributed by atoms with Gasteiger partial charge in [-0.15, -0.1) is 16.4 Å². The third-order valence-electron chi connectivity index (χ3n) is 10.5. The first-order valence-electron chi connectivity index (χ1n) is 17.9. The molecule has 0 spiro atoms. The highest BCUT2D eigenvalue weighted by atomic mass is 32.1. The normalized spacial score (nSPS) is 26.5. The molecule has 1 aromatic carbocycles. The van der Waals surface area contributed by atoms with Gasteiger partial charge in [-0.3, -0.25) is 9.59 Å². The van der Waals surface area contributed by atoms with Crippen LogP contribution in [0, 0.1) is 11.3 Å². The minimum atomic E-state index is -1.44. The molecule has 1 aliphatic carbocycles. The molecule has 1 saturated heterocycles. The Morgan fingerprint density at radius 3 is 2.54 bits per heavy atom. The summed E-state index contributed by atoms with van der Waals surface area (Å²) in [5, 5.41) is 31.2. The summed E-state index contributed by atoms with van der Waals surface area (Å²) < 4.78 is 5.34. The summed E-state index contributed by atoms with van der Waals surface area (Å²) in [6.45, 7) is 8.05. The fourth-order valence-electron chi connectivity index (χ4n) is 6.77. The number of urea groups is 1. The van der Waals surface area contributed by atoms with Crippen LogP contribution in [0.3, 0.4) is 0 Å². The summed E-state index contributed by atoms with van der Waals surface area (Å²) in [5.41, 5.74) is 0.281. The third-order valence-corrected chi connectivity index (χ3v) is 11.3. The first kappa shape index (κ1) is 37.0. The van der Waals surface area contributed by atoms with Gasteiger partial charge in [-0.05, 0) is 62.3 Å². The number of rotatable bonds is 7. The fraction of sp³-hybridized carbons (Fsp3) is 0.541. The van der Waals surface area contributed by atoms with E-state index in [0.29, 0.717) is 35.0 Å². The molecule has 0 unspecified atom stereocenters. The second-order valence-corrected chi connectivity index (χ2v) is 16.0. The molecule has 6 atom stereocenters. The lowest BCUT2D eigenvalue weighted by molar-refractivity contribution is -0.145. The van der Waals surface area contributed by atoms with Gasteiger partial charge in [0.2, 0.25) is 11.8 Å². The number of carbonyl (C=O) groups is 4. The smallest absolute Gasteiger partial charge is 0.330 e. The highest BCUT2D eigenvalue weighted by Gasteiger charge is 2.61. The summed E-state index contributed by atoms with van der Waals surface area (Å²) in [7, 11) is 1.60. The van der Waals surface area contributed by atoms with E-state index in [1.807, 2.05) is 69.5 Å². The number of ether oxygens (including phenoxy) is 1. The number of fused-ring (bicyclic) bond motifs is 2. The van der Waals surface area contributed by atoms with E-state index in [4.69, 9.17) is 14.9 Å². The van der Waals surface area contributed by atoms with Crippen LogP contribution in [0.4, 0.5) is 4.79 Å². The van der Waals surface area contributed by atoms with Gasteiger partial charge < -0.3 is 30.7 Å². The number of benzene rings is 1. The molecule has 14 nitrogen and oxygen atoms in total. The van der Waals surface area contributed by atoms with Gasteiger partial charge in [0.15, 0.2) is 0 Å². The van der Waals surface area contributed by atoms with Gasteiger partial charge in [0.25, 0.3) is 0 Å². The number of aliphatic carboxylic acids is 1. The van der Waals surface area contributed by atoms with Crippen LogP contribution in [-0.4, -0.2) is 91.1 Å². The lowest BCUT2D eigenvalue weighted by Gasteiger charge is -2.31. The largest absolute Gasteiger partial charge is 0.497 e. The average molecular weight is 733 g/mol. The molecule has 3 aromatic rings. The monoisotopic (exact) mass is 732 g/mol. The Kier molecular flexibility index (Phi) is 10.7. The second-order valence-electron chi connectivity index (χ2n) is 15.1. The van der Waals surface area contributed by atoms with Gasteiger partial charge in [-0.1, -0.05) is 45.8 Å². The Bertz CT molecular complexity index is 1800. The molecule has 4 amide bonds. The molecule has 2 aliphatic heterocycles. The molecule has 52 heavy (non-hydrogen) atoms. The number of nitrogens with one attached hydrogen (secondary N) is 3. The quantitative estimate of drug-likeness (QED) is 0.248. The van der Waals surface area contributed by atoms with Crippen LogP contribution in [0.1, 0.15) is 78.7 Å². The van der Waals surface area contributed by atoms with Gasteiger partial charge >= 0.3 is 12.0 Å². The molecule has 4 heterocycles. The fourth-order valence-corrected chi connectivity index (χ4v) is 7.39. The van der Waals surface area contributed by atoms with Crippen molar-refractivity contribution in [2.45, 2.75) is 102 Å². The second kappa shape index (κ2) is 15.1. The number of methoxy groups -OCH3 is 1. The van der Waals surface area contributed by atoms with Crippen molar-refractivity contribution in [3.8, 4) is 27.7 Å². The van der Waals surface area contributed by atoms with Crippen molar-refractivity contribution >= 4 is 35.2 Å². The molecule has 0 radical (unpaired) electrons. The molecular formula is C37H48N8O6S. The van der Waals surface area contributed by atoms with E-state index in [1.165, 1.54) is 21.0 Å². The van der Waals surface area contributed by atoms with E-state index >= 15 is 0 Å². The third kappa shape index (κ3) is 7.83. The Labute approximate surface area is 307 Å². The summed E-state index contributed by atoms with van der Waals surface area (Å²) in [6, 6.07) is 4.33. The average Bonchev–Trinajstić information content (AvgIpc) is 3.56. The zero-order chi connectivity index (χ0) is 37.2. The minimum absolute atomic E-state index is 0.0759. The number of hydrogen-bond acceptors (Lipinski definition) is 9. The van der Waals surface area contributed by atoms with Crippen molar-refractivity contribution in [3.63, 3.8) is 0 Å². The molecule has 3 aliphatic rings. The molecule has 2 aromatic heterocycles. The lowest BCUT2D eigenvalue weighted by atomic mass is 9.88. The van der Waals surface area contributed by atoms with E-state index in [-0.39, 0.29) is 36.8 Å². The van der Waals surface area contributed by atoms with Gasteiger partial charge in [-0.2, -0.15) is 9.90 Å². The summed E-state index contributed by atoms with van der Waals surface area (Å²) in [6.07, 6.45) is 9.45. The Balaban J connectivity index is 1.34. The zero-order valence-electron chi connectivity index (χ0n) is 30.3. The predicted octanol–water partition coefficient (Wildman–Crippen LogP) is 4.80. The van der Waals surface area contributed by atoms with Crippen molar-refractivity contribution in [2.24, 2.45) is 11.3 Å². The first-order chi connectivity index (χ1) is 24.8. The van der Waals surface area contributed by atoms with E-state index in [9.17, 15) is 24.3 Å². The standard InChI is InChI=1S/C37H48N8O6S/c1-22(36(2,3)4)39-35(50)40-27-12-10-8-6-7-9-11-24-20-37(24,34(48)49)41-31(46)28-19-25(21-44(28)33(27)47)45-42-29(23-13-15-26(51-5)16-14-23)30(43-45)32-38-17-18-52-32/h9,11,13-18,22,24-25,27-28H,6-8,10,12,19-21H2,1-5H3,(H,41,46)(H,48,49)(H2,39,40,50)/b11-9-/t22-,24+,25+,27-,28+,37+/m1/s1. The zero-order valence-corrected chi connectivity index (χ0v) is 31.1. The molecular weight excluding hydrogens is 685 g/mol. The van der Waals surface area contributed by atoms with E-state index < -0.39 is 47.5 Å². The number of carboxylic acid groups (broad SMARTS) is 1. The van der Waals surface area contributed by atoms with Crippen molar-refractivity contribution in [1.82, 2.24) is 40.8 Å². The van der Waals surface area contributed by atoms with Gasteiger partial charge in [0.1, 0.15) is 39.8 Å². The maximum absolute atomic E-state index is 14.6. The highest BCUT2D eigenvalue weighted by molar-refractivity contribution is 7.13. The number of aromatic nitrogens is 4. The number of amides is 4. The van der Waals surface area contributed by atoms with Crippen LogP contribution in [0.5, 0.6) is 5.75 Å². The van der Waals surface area contributed by atoms with E-state index in [0.717, 1.165) is 24.8 Å². The minimum Gasteiger partial charge on any atom is -0.497 e. The molecule has 278 valence electrons. The van der Waals surface area contributed by atoms with Crippen LogP contribution in [0.2, 0.25) is 0 Å². The highest BCUT2D eigenvalue weighted by Crippen LogP contribution is 2.46. The number of hydrogen-bond donors (Lipinski definition) is 4. The van der Waals surface area contributed by atoms with Crippen molar-refractivity contribution in [1.29, 1.82) is 0 Å². The Morgan fingerprint density at radius 1 is 1.12 bits per heavy atom. The van der Waals surface area contributed by atoms with Crippen molar-refractivity contribution in [3.05, 3.63) is 48.0 Å². The van der Waals surface area contributed by atoms with E-state index in [2.05, 4.69) is 20.9 Å². The predicted molar refractivity (Wildman–Crippen MR) is 195 cm³/mol. The summed E-state index contributed by atoms with van der Waals surface area (Å²) in [5.74, 6) is -1.73. The van der Waals surface area contributed by atoms with Crippen LogP contribution in [0.15, 0.2) is 48.0 Å². The summed E-state index contributed by atoms with van der Waals surface area (Å²) >= 11 is 1.42. The molecule has 1 saturated carbocycles. The number of carbonyl (C=O) groups excluding carboxylic acids is 3. The molecule has 15 heteroatoms. The van der Waals surface area contributed by atoms with Crippen molar-refractivity contribution < 1.29 is 29.0 Å². The molecule has 4 N–H and O–H groups in total. The number of allylic oxidation sites excluding steroid dienone is 1.